The first kappa shape index (κ1) is 15.9. The van der Waals surface area contributed by atoms with Gasteiger partial charge in [-0.1, -0.05) is 31.2 Å². The highest BCUT2D eigenvalue weighted by Crippen LogP contribution is 2.25. The van der Waals surface area contributed by atoms with E-state index in [0.29, 0.717) is 30.2 Å². The molecule has 1 N–H and O–H groups in total. The van der Waals surface area contributed by atoms with Crippen molar-refractivity contribution in [2.75, 3.05) is 20.3 Å². The normalized spacial score (nSPS) is 10.1. The van der Waals surface area contributed by atoms with Crippen molar-refractivity contribution in [2.45, 2.75) is 13.3 Å². The molecule has 4 heteroatoms. The molecule has 2 rings (SSSR count). The number of carbonyl (C=O) groups excluding carboxylic acids is 1. The molecule has 0 heterocycles. The van der Waals surface area contributed by atoms with Crippen LogP contribution in [0.5, 0.6) is 11.5 Å². The largest absolute Gasteiger partial charge is 0.493 e. The molecule has 2 aromatic carbocycles. The first-order chi connectivity index (χ1) is 10.7. The molecular formula is C18H21NO3. The van der Waals surface area contributed by atoms with Gasteiger partial charge in [-0.05, 0) is 36.2 Å². The van der Waals surface area contributed by atoms with Crippen molar-refractivity contribution in [3.63, 3.8) is 0 Å². The Kier molecular flexibility index (Phi) is 5.83. The molecule has 0 aliphatic carbocycles. The van der Waals surface area contributed by atoms with Crippen LogP contribution in [0.3, 0.4) is 0 Å². The SMILES string of the molecule is CCc1ccc(C(=O)NCCOc2ccccc2OC)cc1. The quantitative estimate of drug-likeness (QED) is 0.799. The molecule has 22 heavy (non-hydrogen) atoms. The summed E-state index contributed by atoms with van der Waals surface area (Å²) in [6, 6.07) is 15.1. The van der Waals surface area contributed by atoms with Crippen LogP contribution in [0.15, 0.2) is 48.5 Å². The van der Waals surface area contributed by atoms with Crippen LogP contribution < -0.4 is 14.8 Å². The average Bonchev–Trinajstić information content (AvgIpc) is 2.59. The number of aryl methyl sites for hydroxylation is 1. The van der Waals surface area contributed by atoms with Crippen molar-refractivity contribution >= 4 is 5.91 Å². The predicted octanol–water partition coefficient (Wildman–Crippen LogP) is 3.07. The molecule has 0 aliphatic heterocycles. The van der Waals surface area contributed by atoms with Crippen molar-refractivity contribution in [3.05, 3.63) is 59.7 Å². The fourth-order valence-corrected chi connectivity index (χ4v) is 2.06. The Balaban J connectivity index is 1.79. The van der Waals surface area contributed by atoms with E-state index in [4.69, 9.17) is 9.47 Å². The zero-order chi connectivity index (χ0) is 15.8. The van der Waals surface area contributed by atoms with Gasteiger partial charge in [0.25, 0.3) is 5.91 Å². The maximum Gasteiger partial charge on any atom is 0.251 e. The molecule has 0 spiro atoms. The second kappa shape index (κ2) is 8.08. The first-order valence-corrected chi connectivity index (χ1v) is 7.37. The Morgan fingerprint density at radius 2 is 1.73 bits per heavy atom. The Labute approximate surface area is 131 Å². The third kappa shape index (κ3) is 4.25. The zero-order valence-electron chi connectivity index (χ0n) is 13.0. The highest BCUT2D eigenvalue weighted by atomic mass is 16.5. The molecule has 116 valence electrons. The van der Waals surface area contributed by atoms with Gasteiger partial charge in [-0.3, -0.25) is 4.79 Å². The average molecular weight is 299 g/mol. The second-order valence-electron chi connectivity index (χ2n) is 4.81. The number of hydrogen-bond acceptors (Lipinski definition) is 3. The van der Waals surface area contributed by atoms with Crippen LogP contribution in [-0.4, -0.2) is 26.2 Å². The van der Waals surface area contributed by atoms with E-state index in [0.717, 1.165) is 6.42 Å². The van der Waals surface area contributed by atoms with Gasteiger partial charge in [0.1, 0.15) is 6.61 Å². The van der Waals surface area contributed by atoms with Crippen LogP contribution in [0.4, 0.5) is 0 Å². The van der Waals surface area contributed by atoms with Gasteiger partial charge >= 0.3 is 0 Å². The summed E-state index contributed by atoms with van der Waals surface area (Å²) < 4.78 is 10.8. The molecule has 0 unspecified atom stereocenters. The topological polar surface area (TPSA) is 47.6 Å². The number of nitrogens with one attached hydrogen (secondary N) is 1. The van der Waals surface area contributed by atoms with Gasteiger partial charge in [0.05, 0.1) is 13.7 Å². The number of carbonyl (C=O) groups is 1. The van der Waals surface area contributed by atoms with Crippen molar-refractivity contribution in [1.82, 2.24) is 5.32 Å². The molecule has 0 aromatic heterocycles. The van der Waals surface area contributed by atoms with E-state index in [-0.39, 0.29) is 5.91 Å². The van der Waals surface area contributed by atoms with Crippen LogP contribution >= 0.6 is 0 Å². The molecule has 0 bridgehead atoms. The molecule has 0 saturated heterocycles. The monoisotopic (exact) mass is 299 g/mol. The van der Waals surface area contributed by atoms with Gasteiger partial charge < -0.3 is 14.8 Å². The molecule has 0 saturated carbocycles. The molecule has 0 fully saturated rings. The van der Waals surface area contributed by atoms with E-state index in [1.54, 1.807) is 7.11 Å². The van der Waals surface area contributed by atoms with Gasteiger partial charge in [0.15, 0.2) is 11.5 Å². The van der Waals surface area contributed by atoms with Crippen molar-refractivity contribution in [1.29, 1.82) is 0 Å². The summed E-state index contributed by atoms with van der Waals surface area (Å²) in [7, 11) is 1.60. The minimum absolute atomic E-state index is 0.0914. The van der Waals surface area contributed by atoms with Gasteiger partial charge in [-0.15, -0.1) is 0 Å². The number of amides is 1. The van der Waals surface area contributed by atoms with Crippen molar-refractivity contribution < 1.29 is 14.3 Å². The van der Waals surface area contributed by atoms with Crippen molar-refractivity contribution in [3.8, 4) is 11.5 Å². The molecule has 1 amide bonds. The second-order valence-corrected chi connectivity index (χ2v) is 4.81. The number of ether oxygens (including phenoxy) is 2. The van der Waals surface area contributed by atoms with E-state index in [1.165, 1.54) is 5.56 Å². The smallest absolute Gasteiger partial charge is 0.251 e. The zero-order valence-corrected chi connectivity index (χ0v) is 13.0. The van der Waals surface area contributed by atoms with Crippen LogP contribution in [0.25, 0.3) is 0 Å². The van der Waals surface area contributed by atoms with Crippen LogP contribution in [0.1, 0.15) is 22.8 Å². The Hall–Kier alpha value is -2.49. The van der Waals surface area contributed by atoms with Crippen molar-refractivity contribution in [2.24, 2.45) is 0 Å². The molecule has 2 aromatic rings. The predicted molar refractivity (Wildman–Crippen MR) is 86.6 cm³/mol. The van der Waals surface area contributed by atoms with E-state index in [1.807, 2.05) is 48.5 Å². The Morgan fingerprint density at radius 1 is 1.05 bits per heavy atom. The maximum atomic E-state index is 12.0. The molecule has 4 nitrogen and oxygen atoms in total. The van der Waals surface area contributed by atoms with E-state index < -0.39 is 0 Å². The van der Waals surface area contributed by atoms with Crippen LogP contribution in [-0.2, 0) is 6.42 Å². The minimum Gasteiger partial charge on any atom is -0.493 e. The fraction of sp³-hybridized carbons (Fsp3) is 0.278. The van der Waals surface area contributed by atoms with E-state index in [2.05, 4.69) is 12.2 Å². The molecule has 0 atom stereocenters. The summed E-state index contributed by atoms with van der Waals surface area (Å²) in [5.74, 6) is 1.27. The molecule has 0 radical (unpaired) electrons. The Morgan fingerprint density at radius 3 is 2.36 bits per heavy atom. The lowest BCUT2D eigenvalue weighted by Crippen LogP contribution is -2.28. The van der Waals surface area contributed by atoms with Gasteiger partial charge in [0, 0.05) is 5.56 Å². The first-order valence-electron chi connectivity index (χ1n) is 7.37. The Bertz CT molecular complexity index is 608. The third-order valence-electron chi connectivity index (χ3n) is 3.34. The summed E-state index contributed by atoms with van der Waals surface area (Å²) in [4.78, 5) is 12.0. The standard InChI is InChI=1S/C18H21NO3/c1-3-14-8-10-15(11-9-14)18(20)19-12-13-22-17-7-5-4-6-16(17)21-2/h4-11H,3,12-13H2,1-2H3,(H,19,20). The van der Waals surface area contributed by atoms with Gasteiger partial charge in [-0.25, -0.2) is 0 Å². The highest BCUT2D eigenvalue weighted by Gasteiger charge is 2.05. The summed E-state index contributed by atoms with van der Waals surface area (Å²) in [5, 5.41) is 2.84. The maximum absolute atomic E-state index is 12.0. The number of hydrogen-bond donors (Lipinski definition) is 1. The third-order valence-corrected chi connectivity index (χ3v) is 3.34. The molecule has 0 aliphatic rings. The highest BCUT2D eigenvalue weighted by molar-refractivity contribution is 5.94. The number of rotatable bonds is 7. The summed E-state index contributed by atoms with van der Waals surface area (Å²) in [6.45, 7) is 2.91. The lowest BCUT2D eigenvalue weighted by molar-refractivity contribution is 0.0947. The number of benzene rings is 2. The minimum atomic E-state index is -0.0914. The van der Waals surface area contributed by atoms with Gasteiger partial charge in [0.2, 0.25) is 0 Å². The van der Waals surface area contributed by atoms with Gasteiger partial charge in [-0.2, -0.15) is 0 Å². The lowest BCUT2D eigenvalue weighted by atomic mass is 10.1. The summed E-state index contributed by atoms with van der Waals surface area (Å²) in [6.07, 6.45) is 0.967. The summed E-state index contributed by atoms with van der Waals surface area (Å²) in [5.41, 5.74) is 1.88. The number of methoxy groups -OCH3 is 1. The van der Waals surface area contributed by atoms with Crippen LogP contribution in [0.2, 0.25) is 0 Å². The molecular weight excluding hydrogens is 278 g/mol. The fourth-order valence-electron chi connectivity index (χ4n) is 2.06. The summed E-state index contributed by atoms with van der Waals surface area (Å²) >= 11 is 0. The van der Waals surface area contributed by atoms with E-state index >= 15 is 0 Å². The van der Waals surface area contributed by atoms with Crippen LogP contribution in [0, 0.1) is 0 Å². The lowest BCUT2D eigenvalue weighted by Gasteiger charge is -2.11. The van der Waals surface area contributed by atoms with E-state index in [9.17, 15) is 4.79 Å². The number of para-hydroxylation sites is 2.